The van der Waals surface area contributed by atoms with Crippen molar-refractivity contribution in [2.45, 2.75) is 18.9 Å². The van der Waals surface area contributed by atoms with Crippen LogP contribution in [0.15, 0.2) is 0 Å². The molecule has 3 nitrogen and oxygen atoms in total. The summed E-state index contributed by atoms with van der Waals surface area (Å²) >= 11 is 0. The van der Waals surface area contributed by atoms with Gasteiger partial charge in [0.15, 0.2) is 0 Å². The molecule has 0 atom stereocenters. The molecule has 1 aliphatic rings. The van der Waals surface area contributed by atoms with Gasteiger partial charge in [0.05, 0.1) is 5.97 Å². The molecular formula is C5H8NNaO2. The first-order valence-corrected chi connectivity index (χ1v) is 2.72. The maximum Gasteiger partial charge on any atom is 1.00 e. The van der Waals surface area contributed by atoms with Crippen LogP contribution in [-0.4, -0.2) is 18.6 Å². The molecule has 0 spiro atoms. The van der Waals surface area contributed by atoms with Crippen LogP contribution in [0.5, 0.6) is 0 Å². The summed E-state index contributed by atoms with van der Waals surface area (Å²) in [7, 11) is 0. The molecule has 9 heavy (non-hydrogen) atoms. The van der Waals surface area contributed by atoms with E-state index in [-0.39, 0.29) is 36.1 Å². The Morgan fingerprint density at radius 1 is 1.67 bits per heavy atom. The minimum Gasteiger partial charge on any atom is -0.549 e. The van der Waals surface area contributed by atoms with E-state index in [1.54, 1.807) is 0 Å². The van der Waals surface area contributed by atoms with Gasteiger partial charge < -0.3 is 15.2 Å². The zero-order valence-corrected chi connectivity index (χ0v) is 7.52. The molecule has 0 bridgehead atoms. The van der Waals surface area contributed by atoms with Crippen LogP contribution in [-0.2, 0) is 4.79 Å². The van der Waals surface area contributed by atoms with E-state index in [1.807, 2.05) is 0 Å². The monoisotopic (exact) mass is 137 g/mol. The summed E-state index contributed by atoms with van der Waals surface area (Å²) in [6.45, 7) is 0.00463. The minimum atomic E-state index is -1.02. The van der Waals surface area contributed by atoms with Gasteiger partial charge in [0.2, 0.25) is 0 Å². The second-order valence-corrected chi connectivity index (χ2v) is 2.03. The van der Waals surface area contributed by atoms with E-state index in [2.05, 4.69) is 5.32 Å². The molecule has 1 aliphatic carbocycles. The number of carbonyl (C=O) groups is 1. The van der Waals surface area contributed by atoms with Crippen molar-refractivity contribution in [2.75, 3.05) is 6.54 Å². The van der Waals surface area contributed by atoms with E-state index >= 15 is 0 Å². The maximum atomic E-state index is 9.76. The summed E-state index contributed by atoms with van der Waals surface area (Å²) in [6, 6.07) is 0.466. The second-order valence-electron chi connectivity index (χ2n) is 2.03. The van der Waals surface area contributed by atoms with E-state index < -0.39 is 5.97 Å². The fourth-order valence-corrected chi connectivity index (χ4v) is 0.515. The number of aliphatic carboxylic acids is 1. The SMILES string of the molecule is O=C([O-])CNC1CC1.[Na+]. The predicted molar refractivity (Wildman–Crippen MR) is 26.0 cm³/mol. The van der Waals surface area contributed by atoms with Crippen molar-refractivity contribution in [1.82, 2.24) is 5.32 Å². The number of carboxylic acids is 1. The van der Waals surface area contributed by atoms with E-state index in [9.17, 15) is 9.90 Å². The van der Waals surface area contributed by atoms with Gasteiger partial charge in [-0.3, -0.25) is 0 Å². The van der Waals surface area contributed by atoms with Gasteiger partial charge in [-0.2, -0.15) is 0 Å². The van der Waals surface area contributed by atoms with Crippen molar-refractivity contribution < 1.29 is 39.5 Å². The zero-order valence-electron chi connectivity index (χ0n) is 5.52. The van der Waals surface area contributed by atoms with Crippen LogP contribution >= 0.6 is 0 Å². The summed E-state index contributed by atoms with van der Waals surface area (Å²) in [4.78, 5) is 9.76. The summed E-state index contributed by atoms with van der Waals surface area (Å²) < 4.78 is 0. The topological polar surface area (TPSA) is 52.2 Å². The van der Waals surface area contributed by atoms with Crippen LogP contribution < -0.4 is 40.0 Å². The van der Waals surface area contributed by atoms with E-state index in [0.717, 1.165) is 12.8 Å². The van der Waals surface area contributed by atoms with Crippen molar-refractivity contribution >= 4 is 5.97 Å². The molecule has 1 saturated carbocycles. The third-order valence-electron chi connectivity index (χ3n) is 1.11. The van der Waals surface area contributed by atoms with Gasteiger partial charge in [0, 0.05) is 12.6 Å². The first-order chi connectivity index (χ1) is 3.79. The van der Waals surface area contributed by atoms with Crippen molar-refractivity contribution in [3.63, 3.8) is 0 Å². The molecule has 46 valence electrons. The fourth-order valence-electron chi connectivity index (χ4n) is 0.515. The van der Waals surface area contributed by atoms with Crippen LogP contribution in [0.3, 0.4) is 0 Å². The Labute approximate surface area is 76.1 Å². The summed E-state index contributed by atoms with van der Waals surface area (Å²) in [5.74, 6) is -1.02. The van der Waals surface area contributed by atoms with E-state index in [1.165, 1.54) is 0 Å². The maximum absolute atomic E-state index is 9.76. The minimum absolute atomic E-state index is 0. The van der Waals surface area contributed by atoms with Crippen LogP contribution in [0.25, 0.3) is 0 Å². The predicted octanol–water partition coefficient (Wildman–Crippen LogP) is -4.51. The Bertz CT molecular complexity index is 103. The number of hydrogen-bond donors (Lipinski definition) is 1. The molecular weight excluding hydrogens is 129 g/mol. The molecule has 0 aliphatic heterocycles. The molecule has 0 aromatic rings. The number of hydrogen-bond acceptors (Lipinski definition) is 3. The quantitative estimate of drug-likeness (QED) is 0.399. The van der Waals surface area contributed by atoms with Crippen LogP contribution in [0, 0.1) is 0 Å². The molecule has 0 saturated heterocycles. The van der Waals surface area contributed by atoms with Crippen molar-refractivity contribution in [1.29, 1.82) is 0 Å². The number of carbonyl (C=O) groups excluding carboxylic acids is 1. The Kier molecular flexibility index (Phi) is 4.48. The molecule has 0 amide bonds. The van der Waals surface area contributed by atoms with Gasteiger partial charge in [0.1, 0.15) is 0 Å². The Balaban J connectivity index is 0.000000640. The van der Waals surface area contributed by atoms with Gasteiger partial charge in [-0.25, -0.2) is 0 Å². The summed E-state index contributed by atoms with van der Waals surface area (Å²) in [6.07, 6.45) is 2.24. The van der Waals surface area contributed by atoms with Gasteiger partial charge in [-0.1, -0.05) is 0 Å². The van der Waals surface area contributed by atoms with Crippen molar-refractivity contribution in [3.05, 3.63) is 0 Å². The van der Waals surface area contributed by atoms with Crippen molar-refractivity contribution in [3.8, 4) is 0 Å². The first kappa shape index (κ1) is 9.43. The largest absolute Gasteiger partial charge is 1.00 e. The van der Waals surface area contributed by atoms with E-state index in [0.29, 0.717) is 6.04 Å². The molecule has 1 fully saturated rings. The second kappa shape index (κ2) is 4.28. The smallest absolute Gasteiger partial charge is 0.549 e. The van der Waals surface area contributed by atoms with Gasteiger partial charge in [0.25, 0.3) is 0 Å². The van der Waals surface area contributed by atoms with Gasteiger partial charge in [-0.15, -0.1) is 0 Å². The third kappa shape index (κ3) is 4.90. The number of carboxylic acid groups (broad SMARTS) is 1. The Morgan fingerprint density at radius 3 is 2.56 bits per heavy atom. The average Bonchev–Trinajstić information content (AvgIpc) is 2.41. The van der Waals surface area contributed by atoms with Crippen LogP contribution in [0.4, 0.5) is 0 Å². The molecule has 0 aromatic heterocycles. The Hall–Kier alpha value is 0.430. The molecule has 1 N–H and O–H groups in total. The summed E-state index contributed by atoms with van der Waals surface area (Å²) in [5.41, 5.74) is 0. The standard InChI is InChI=1S/C5H9NO2.Na/c7-5(8)3-6-4-1-2-4;/h4,6H,1-3H2,(H,7,8);/q;+1/p-1. The third-order valence-corrected chi connectivity index (χ3v) is 1.11. The zero-order chi connectivity index (χ0) is 5.98. The number of nitrogens with one attached hydrogen (secondary N) is 1. The van der Waals surface area contributed by atoms with Gasteiger partial charge in [-0.05, 0) is 12.8 Å². The molecule has 0 unspecified atom stereocenters. The average molecular weight is 137 g/mol. The molecule has 1 rings (SSSR count). The van der Waals surface area contributed by atoms with Crippen molar-refractivity contribution in [2.24, 2.45) is 0 Å². The molecule has 0 heterocycles. The summed E-state index contributed by atoms with van der Waals surface area (Å²) in [5, 5.41) is 12.6. The molecule has 0 aromatic carbocycles. The Morgan fingerprint density at radius 2 is 2.22 bits per heavy atom. The first-order valence-electron chi connectivity index (χ1n) is 2.72. The van der Waals surface area contributed by atoms with Crippen LogP contribution in [0.1, 0.15) is 12.8 Å². The van der Waals surface area contributed by atoms with Crippen LogP contribution in [0.2, 0.25) is 0 Å². The molecule has 0 radical (unpaired) electrons. The number of rotatable bonds is 3. The fraction of sp³-hybridized carbons (Fsp3) is 0.800. The molecule has 4 heteroatoms. The van der Waals surface area contributed by atoms with E-state index in [4.69, 9.17) is 0 Å². The normalized spacial score (nSPS) is 16.4. The van der Waals surface area contributed by atoms with Gasteiger partial charge >= 0.3 is 29.6 Å².